The number of hydrogen-bond acceptors (Lipinski definition) is 3. The second-order valence-corrected chi connectivity index (χ2v) is 4.59. The summed E-state index contributed by atoms with van der Waals surface area (Å²) in [6.07, 6.45) is 1.21. The summed E-state index contributed by atoms with van der Waals surface area (Å²) in [6, 6.07) is 6.08. The van der Waals surface area contributed by atoms with E-state index in [-0.39, 0.29) is 0 Å². The maximum absolute atomic E-state index is 5.67. The molecule has 3 nitrogen and oxygen atoms in total. The topological polar surface area (TPSA) is 30.5 Å². The first kappa shape index (κ1) is 12.2. The Kier molecular flexibility index (Phi) is 4.26. The first-order valence-corrected chi connectivity index (χ1v) is 6.39. The molecule has 1 heterocycles. The largest absolute Gasteiger partial charge is 0.486 e. The monoisotopic (exact) mass is 235 g/mol. The van der Waals surface area contributed by atoms with E-state index in [1.165, 1.54) is 12.0 Å². The van der Waals surface area contributed by atoms with Crippen LogP contribution in [0.25, 0.3) is 0 Å². The third kappa shape index (κ3) is 3.13. The average Bonchev–Trinajstić information content (AvgIpc) is 2.39. The second kappa shape index (κ2) is 5.92. The number of benzene rings is 1. The summed E-state index contributed by atoms with van der Waals surface area (Å²) in [5, 5.41) is 3.47. The smallest absolute Gasteiger partial charge is 0.165 e. The van der Waals surface area contributed by atoms with Crippen LogP contribution in [-0.4, -0.2) is 19.8 Å². The highest BCUT2D eigenvalue weighted by atomic mass is 16.6. The summed E-state index contributed by atoms with van der Waals surface area (Å²) in [5.41, 5.74) is 1.19. The van der Waals surface area contributed by atoms with Crippen molar-refractivity contribution in [1.82, 2.24) is 5.32 Å². The molecule has 0 spiro atoms. The normalized spacial score (nSPS) is 15.6. The maximum Gasteiger partial charge on any atom is 0.165 e. The van der Waals surface area contributed by atoms with Crippen molar-refractivity contribution in [2.24, 2.45) is 5.92 Å². The molecule has 1 atom stereocenters. The van der Waals surface area contributed by atoms with Crippen molar-refractivity contribution in [3.63, 3.8) is 0 Å². The number of rotatable bonds is 5. The van der Waals surface area contributed by atoms with Crippen LogP contribution in [-0.2, 0) is 6.54 Å². The predicted molar refractivity (Wildman–Crippen MR) is 68.6 cm³/mol. The number of fused-ring (bicyclic) bond motifs is 1. The number of nitrogens with one attached hydrogen (secondary N) is 1. The van der Waals surface area contributed by atoms with Crippen LogP contribution in [0.2, 0.25) is 0 Å². The Morgan fingerprint density at radius 1 is 1.29 bits per heavy atom. The fourth-order valence-corrected chi connectivity index (χ4v) is 1.87. The first-order valence-electron chi connectivity index (χ1n) is 6.39. The van der Waals surface area contributed by atoms with Crippen LogP contribution in [0.1, 0.15) is 25.8 Å². The number of hydrogen-bond donors (Lipinski definition) is 1. The molecule has 0 saturated heterocycles. The molecule has 17 heavy (non-hydrogen) atoms. The Hall–Kier alpha value is -1.22. The van der Waals surface area contributed by atoms with Gasteiger partial charge in [0.05, 0.1) is 0 Å². The standard InChI is InChI=1S/C14H21NO2/c1-3-11(2)9-15-10-12-5-4-6-13-14(12)17-8-7-16-13/h4-6,11,15H,3,7-10H2,1-2H3. The van der Waals surface area contributed by atoms with Crippen molar-refractivity contribution in [1.29, 1.82) is 0 Å². The molecule has 94 valence electrons. The molecule has 1 aromatic carbocycles. The summed E-state index contributed by atoms with van der Waals surface area (Å²) in [5.74, 6) is 2.50. The summed E-state index contributed by atoms with van der Waals surface area (Å²) >= 11 is 0. The minimum absolute atomic E-state index is 0.648. The molecule has 1 aliphatic rings. The molecule has 1 N–H and O–H groups in total. The highest BCUT2D eigenvalue weighted by Gasteiger charge is 2.14. The Morgan fingerprint density at radius 2 is 2.12 bits per heavy atom. The summed E-state index contributed by atoms with van der Waals surface area (Å²) < 4.78 is 11.2. The number of ether oxygens (including phenoxy) is 2. The van der Waals surface area contributed by atoms with Gasteiger partial charge in [0.25, 0.3) is 0 Å². The molecule has 0 amide bonds. The Balaban J connectivity index is 1.96. The van der Waals surface area contributed by atoms with Crippen LogP contribution in [0.5, 0.6) is 11.5 Å². The van der Waals surface area contributed by atoms with Crippen molar-refractivity contribution >= 4 is 0 Å². The highest BCUT2D eigenvalue weighted by Crippen LogP contribution is 2.33. The van der Waals surface area contributed by atoms with Gasteiger partial charge in [0, 0.05) is 12.1 Å². The summed E-state index contributed by atoms with van der Waals surface area (Å²) in [4.78, 5) is 0. The molecule has 1 aromatic rings. The Labute approximate surface area is 103 Å². The molecule has 1 unspecified atom stereocenters. The van der Waals surface area contributed by atoms with Crippen molar-refractivity contribution in [3.8, 4) is 11.5 Å². The van der Waals surface area contributed by atoms with Gasteiger partial charge in [-0.15, -0.1) is 0 Å². The van der Waals surface area contributed by atoms with E-state index in [0.29, 0.717) is 19.1 Å². The van der Waals surface area contributed by atoms with Gasteiger partial charge >= 0.3 is 0 Å². The van der Waals surface area contributed by atoms with E-state index in [2.05, 4.69) is 25.2 Å². The van der Waals surface area contributed by atoms with Crippen LogP contribution < -0.4 is 14.8 Å². The van der Waals surface area contributed by atoms with Crippen LogP contribution in [0, 0.1) is 5.92 Å². The SMILES string of the molecule is CCC(C)CNCc1cccc2c1OCCO2. The van der Waals surface area contributed by atoms with Gasteiger partial charge < -0.3 is 14.8 Å². The van der Waals surface area contributed by atoms with Gasteiger partial charge in [-0.25, -0.2) is 0 Å². The van der Waals surface area contributed by atoms with Crippen LogP contribution in [0.3, 0.4) is 0 Å². The molecular weight excluding hydrogens is 214 g/mol. The van der Waals surface area contributed by atoms with Crippen molar-refractivity contribution in [2.45, 2.75) is 26.8 Å². The molecule has 1 aliphatic heterocycles. The van der Waals surface area contributed by atoms with Gasteiger partial charge in [0.2, 0.25) is 0 Å². The van der Waals surface area contributed by atoms with Gasteiger partial charge in [-0.1, -0.05) is 32.4 Å². The van der Waals surface area contributed by atoms with Gasteiger partial charge in [0.1, 0.15) is 13.2 Å². The van der Waals surface area contributed by atoms with E-state index >= 15 is 0 Å². The van der Waals surface area contributed by atoms with Crippen molar-refractivity contribution in [3.05, 3.63) is 23.8 Å². The molecule has 0 radical (unpaired) electrons. The molecule has 0 bridgehead atoms. The minimum Gasteiger partial charge on any atom is -0.486 e. The lowest BCUT2D eigenvalue weighted by Gasteiger charge is -2.21. The van der Waals surface area contributed by atoms with E-state index in [1.807, 2.05) is 12.1 Å². The molecule has 0 fully saturated rings. The molecular formula is C14H21NO2. The third-order valence-electron chi connectivity index (χ3n) is 3.15. The zero-order valence-electron chi connectivity index (χ0n) is 10.7. The van der Waals surface area contributed by atoms with Crippen molar-refractivity contribution in [2.75, 3.05) is 19.8 Å². The van der Waals surface area contributed by atoms with E-state index in [0.717, 1.165) is 24.6 Å². The lowest BCUT2D eigenvalue weighted by molar-refractivity contribution is 0.169. The zero-order valence-corrected chi connectivity index (χ0v) is 10.7. The molecule has 0 aromatic heterocycles. The van der Waals surface area contributed by atoms with E-state index in [1.54, 1.807) is 0 Å². The second-order valence-electron chi connectivity index (χ2n) is 4.59. The predicted octanol–water partition coefficient (Wildman–Crippen LogP) is 2.59. The Bertz CT molecular complexity index is 365. The summed E-state index contributed by atoms with van der Waals surface area (Å²) in [7, 11) is 0. The van der Waals surface area contributed by atoms with Crippen LogP contribution in [0.15, 0.2) is 18.2 Å². The molecule has 2 rings (SSSR count). The van der Waals surface area contributed by atoms with Gasteiger partial charge in [0.15, 0.2) is 11.5 Å². The quantitative estimate of drug-likeness (QED) is 0.851. The van der Waals surface area contributed by atoms with Gasteiger partial charge in [-0.05, 0) is 18.5 Å². The first-order chi connectivity index (χ1) is 8.31. The zero-order chi connectivity index (χ0) is 12.1. The van der Waals surface area contributed by atoms with E-state index in [4.69, 9.17) is 9.47 Å². The van der Waals surface area contributed by atoms with Crippen LogP contribution in [0.4, 0.5) is 0 Å². The summed E-state index contributed by atoms with van der Waals surface area (Å²) in [6.45, 7) is 7.66. The number of para-hydroxylation sites is 1. The van der Waals surface area contributed by atoms with Gasteiger partial charge in [-0.3, -0.25) is 0 Å². The third-order valence-corrected chi connectivity index (χ3v) is 3.15. The highest BCUT2D eigenvalue weighted by molar-refractivity contribution is 5.47. The lowest BCUT2D eigenvalue weighted by Crippen LogP contribution is -2.22. The molecule has 3 heteroatoms. The average molecular weight is 235 g/mol. The van der Waals surface area contributed by atoms with Crippen molar-refractivity contribution < 1.29 is 9.47 Å². The minimum atomic E-state index is 0.648. The molecule has 0 aliphatic carbocycles. The van der Waals surface area contributed by atoms with E-state index in [9.17, 15) is 0 Å². The lowest BCUT2D eigenvalue weighted by atomic mass is 10.1. The Morgan fingerprint density at radius 3 is 2.94 bits per heavy atom. The fraction of sp³-hybridized carbons (Fsp3) is 0.571. The van der Waals surface area contributed by atoms with E-state index < -0.39 is 0 Å². The van der Waals surface area contributed by atoms with Crippen LogP contribution >= 0.6 is 0 Å². The van der Waals surface area contributed by atoms with Gasteiger partial charge in [-0.2, -0.15) is 0 Å². The fourth-order valence-electron chi connectivity index (χ4n) is 1.87. The maximum atomic E-state index is 5.67. The molecule has 0 saturated carbocycles.